The van der Waals surface area contributed by atoms with Crippen molar-refractivity contribution in [1.82, 2.24) is 19.4 Å². The zero-order valence-electron chi connectivity index (χ0n) is 12.3. The first kappa shape index (κ1) is 14.2. The molecule has 0 radical (unpaired) electrons. The van der Waals surface area contributed by atoms with Crippen LogP contribution in [0.3, 0.4) is 0 Å². The highest BCUT2D eigenvalue weighted by Crippen LogP contribution is 2.15. The predicted molar refractivity (Wildman–Crippen MR) is 80.7 cm³/mol. The van der Waals surface area contributed by atoms with E-state index in [1.54, 1.807) is 6.20 Å². The van der Waals surface area contributed by atoms with E-state index in [-0.39, 0.29) is 0 Å². The summed E-state index contributed by atoms with van der Waals surface area (Å²) in [6.45, 7) is 5.01. The predicted octanol–water partition coefficient (Wildman–Crippen LogP) is 1.96. The molecule has 2 aromatic heterocycles. The van der Waals surface area contributed by atoms with Crippen LogP contribution in [0.4, 0.5) is 0 Å². The first-order valence-corrected chi connectivity index (χ1v) is 7.59. The quantitative estimate of drug-likeness (QED) is 0.814. The summed E-state index contributed by atoms with van der Waals surface area (Å²) < 4.78 is 8.12. The molecule has 1 saturated heterocycles. The van der Waals surface area contributed by atoms with Gasteiger partial charge in [-0.1, -0.05) is 6.07 Å². The Morgan fingerprint density at radius 1 is 1.14 bits per heavy atom. The molecule has 0 amide bonds. The molecular weight excluding hydrogens is 264 g/mol. The summed E-state index contributed by atoms with van der Waals surface area (Å²) >= 11 is 0. The summed E-state index contributed by atoms with van der Waals surface area (Å²) in [6.07, 6.45) is 12.0. The molecule has 0 unspecified atom stereocenters. The lowest BCUT2D eigenvalue weighted by Gasteiger charge is -2.31. The molecule has 0 saturated carbocycles. The fraction of sp³-hybridized carbons (Fsp3) is 0.500. The second kappa shape index (κ2) is 7.33. The van der Waals surface area contributed by atoms with Crippen LogP contribution in [0.1, 0.15) is 18.4 Å². The number of ether oxygens (including phenoxy) is 1. The molecule has 0 aromatic carbocycles. The van der Waals surface area contributed by atoms with Crippen molar-refractivity contribution in [2.45, 2.75) is 32.1 Å². The van der Waals surface area contributed by atoms with Gasteiger partial charge in [-0.2, -0.15) is 0 Å². The summed E-state index contributed by atoms with van der Waals surface area (Å²) in [7, 11) is 0. The average Bonchev–Trinajstić information content (AvgIpc) is 3.06. The Morgan fingerprint density at radius 3 is 2.76 bits per heavy atom. The Labute approximate surface area is 125 Å². The van der Waals surface area contributed by atoms with Crippen LogP contribution in [0, 0.1) is 0 Å². The van der Waals surface area contributed by atoms with Crippen LogP contribution in [-0.4, -0.2) is 45.2 Å². The van der Waals surface area contributed by atoms with Crippen LogP contribution in [0.15, 0.2) is 43.2 Å². The molecule has 21 heavy (non-hydrogen) atoms. The molecule has 0 N–H and O–H groups in total. The normalized spacial score (nSPS) is 17.1. The fourth-order valence-corrected chi connectivity index (χ4v) is 2.67. The molecular formula is C16H22N4O. The molecule has 5 heteroatoms. The number of hydrogen-bond acceptors (Lipinski definition) is 4. The van der Waals surface area contributed by atoms with Gasteiger partial charge in [-0.15, -0.1) is 0 Å². The van der Waals surface area contributed by atoms with Crippen molar-refractivity contribution in [2.24, 2.45) is 0 Å². The average molecular weight is 286 g/mol. The van der Waals surface area contributed by atoms with Crippen molar-refractivity contribution in [3.63, 3.8) is 0 Å². The van der Waals surface area contributed by atoms with Gasteiger partial charge in [0.2, 0.25) is 0 Å². The largest absolute Gasteiger partial charge is 0.373 e. The van der Waals surface area contributed by atoms with Gasteiger partial charge in [-0.25, -0.2) is 4.98 Å². The monoisotopic (exact) mass is 286 g/mol. The number of aromatic nitrogens is 3. The number of hydrogen-bond donors (Lipinski definition) is 0. The SMILES string of the molecule is c1cncc(COC2CCN(CCn3ccnc3)CC2)c1. The van der Waals surface area contributed by atoms with Gasteiger partial charge in [0.25, 0.3) is 0 Å². The lowest BCUT2D eigenvalue weighted by Crippen LogP contribution is -2.38. The third-order valence-electron chi connectivity index (χ3n) is 3.98. The maximum atomic E-state index is 5.99. The van der Waals surface area contributed by atoms with Crippen molar-refractivity contribution in [2.75, 3.05) is 19.6 Å². The van der Waals surface area contributed by atoms with Crippen molar-refractivity contribution in [3.8, 4) is 0 Å². The van der Waals surface area contributed by atoms with E-state index >= 15 is 0 Å². The van der Waals surface area contributed by atoms with Crippen LogP contribution >= 0.6 is 0 Å². The van der Waals surface area contributed by atoms with Gasteiger partial charge < -0.3 is 14.2 Å². The Bertz CT molecular complexity index is 506. The second-order valence-electron chi connectivity index (χ2n) is 5.51. The number of piperidine rings is 1. The molecule has 0 spiro atoms. The van der Waals surface area contributed by atoms with Gasteiger partial charge >= 0.3 is 0 Å². The third kappa shape index (κ3) is 4.37. The molecule has 112 valence electrons. The van der Waals surface area contributed by atoms with E-state index in [2.05, 4.69) is 25.5 Å². The number of imidazole rings is 1. The van der Waals surface area contributed by atoms with Gasteiger partial charge in [-0.05, 0) is 24.5 Å². The number of likely N-dealkylation sites (tertiary alicyclic amines) is 1. The van der Waals surface area contributed by atoms with Crippen LogP contribution in [0.2, 0.25) is 0 Å². The van der Waals surface area contributed by atoms with Crippen molar-refractivity contribution in [1.29, 1.82) is 0 Å². The zero-order chi connectivity index (χ0) is 14.3. The minimum absolute atomic E-state index is 0.384. The van der Waals surface area contributed by atoms with E-state index in [0.29, 0.717) is 12.7 Å². The van der Waals surface area contributed by atoms with Gasteiger partial charge in [0.15, 0.2) is 0 Å². The molecule has 2 aromatic rings. The fourth-order valence-electron chi connectivity index (χ4n) is 2.67. The number of pyridine rings is 1. The molecule has 1 aliphatic rings. The van der Waals surface area contributed by atoms with Gasteiger partial charge in [-0.3, -0.25) is 4.98 Å². The highest BCUT2D eigenvalue weighted by atomic mass is 16.5. The van der Waals surface area contributed by atoms with E-state index in [9.17, 15) is 0 Å². The minimum Gasteiger partial charge on any atom is -0.373 e. The molecule has 0 aliphatic carbocycles. The standard InChI is InChI=1S/C16H22N4O/c1-2-15(12-17-5-1)13-21-16-3-7-19(8-4-16)10-11-20-9-6-18-14-20/h1-2,5-6,9,12,14,16H,3-4,7-8,10-11,13H2. The first-order chi connectivity index (χ1) is 10.4. The van der Waals surface area contributed by atoms with Gasteiger partial charge in [0, 0.05) is 51.0 Å². The first-order valence-electron chi connectivity index (χ1n) is 7.59. The molecule has 0 atom stereocenters. The molecule has 1 fully saturated rings. The Kier molecular flexibility index (Phi) is 4.97. The molecule has 0 bridgehead atoms. The van der Waals surface area contributed by atoms with Crippen molar-refractivity contribution < 1.29 is 4.74 Å². The van der Waals surface area contributed by atoms with E-state index in [0.717, 1.165) is 44.6 Å². The summed E-state index contributed by atoms with van der Waals surface area (Å²) in [5, 5.41) is 0. The maximum Gasteiger partial charge on any atom is 0.0946 e. The Balaban J connectivity index is 1.35. The van der Waals surface area contributed by atoms with Crippen molar-refractivity contribution >= 4 is 0 Å². The lowest BCUT2D eigenvalue weighted by atomic mass is 10.1. The molecule has 3 heterocycles. The van der Waals surface area contributed by atoms with E-state index < -0.39 is 0 Å². The topological polar surface area (TPSA) is 43.2 Å². The van der Waals surface area contributed by atoms with Gasteiger partial charge in [0.05, 0.1) is 19.0 Å². The zero-order valence-corrected chi connectivity index (χ0v) is 12.3. The van der Waals surface area contributed by atoms with Crippen LogP contribution < -0.4 is 0 Å². The summed E-state index contributed by atoms with van der Waals surface area (Å²) in [6, 6.07) is 4.02. The molecule has 1 aliphatic heterocycles. The Hall–Kier alpha value is -1.72. The number of rotatable bonds is 6. The third-order valence-corrected chi connectivity index (χ3v) is 3.98. The molecule has 3 rings (SSSR count). The highest BCUT2D eigenvalue weighted by molar-refractivity contribution is 5.06. The van der Waals surface area contributed by atoms with Crippen LogP contribution in [0.5, 0.6) is 0 Å². The lowest BCUT2D eigenvalue weighted by molar-refractivity contribution is -0.00301. The van der Waals surface area contributed by atoms with Gasteiger partial charge in [0.1, 0.15) is 0 Å². The van der Waals surface area contributed by atoms with Crippen molar-refractivity contribution in [3.05, 3.63) is 48.8 Å². The van der Waals surface area contributed by atoms with Crippen LogP contribution in [-0.2, 0) is 17.9 Å². The summed E-state index contributed by atoms with van der Waals surface area (Å²) in [4.78, 5) is 10.7. The van der Waals surface area contributed by atoms with E-state index in [1.807, 2.05) is 31.0 Å². The van der Waals surface area contributed by atoms with Crippen LogP contribution in [0.25, 0.3) is 0 Å². The second-order valence-corrected chi connectivity index (χ2v) is 5.51. The molecule has 5 nitrogen and oxygen atoms in total. The Morgan fingerprint density at radius 2 is 2.05 bits per heavy atom. The number of nitrogens with zero attached hydrogens (tertiary/aromatic N) is 4. The van der Waals surface area contributed by atoms with E-state index in [1.165, 1.54) is 0 Å². The maximum absolute atomic E-state index is 5.99. The van der Waals surface area contributed by atoms with E-state index in [4.69, 9.17) is 4.74 Å². The summed E-state index contributed by atoms with van der Waals surface area (Å²) in [5.41, 5.74) is 1.15. The minimum atomic E-state index is 0.384. The highest BCUT2D eigenvalue weighted by Gasteiger charge is 2.19. The smallest absolute Gasteiger partial charge is 0.0946 e. The summed E-state index contributed by atoms with van der Waals surface area (Å²) in [5.74, 6) is 0.